The van der Waals surface area contributed by atoms with Crippen molar-refractivity contribution < 1.29 is 4.79 Å². The van der Waals surface area contributed by atoms with Crippen molar-refractivity contribution in [3.8, 4) is 0 Å². The molecule has 0 bridgehead atoms. The lowest BCUT2D eigenvalue weighted by Gasteiger charge is -2.26. The van der Waals surface area contributed by atoms with Crippen molar-refractivity contribution in [2.45, 2.75) is 25.2 Å². The molecule has 0 aliphatic heterocycles. The zero-order valence-corrected chi connectivity index (χ0v) is 13.3. The second kappa shape index (κ2) is 6.39. The van der Waals surface area contributed by atoms with Crippen molar-refractivity contribution in [1.82, 2.24) is 4.98 Å². The largest absolute Gasteiger partial charge is 0.383 e. The molecule has 3 nitrogen and oxygen atoms in total. The minimum Gasteiger partial charge on any atom is -0.383 e. The van der Waals surface area contributed by atoms with E-state index in [4.69, 9.17) is 0 Å². The summed E-state index contributed by atoms with van der Waals surface area (Å²) in [4.78, 5) is 15.1. The van der Waals surface area contributed by atoms with Crippen LogP contribution in [0.5, 0.6) is 0 Å². The smallest absolute Gasteiger partial charge is 0.152 e. The molecule has 21 heavy (non-hydrogen) atoms. The van der Waals surface area contributed by atoms with E-state index in [1.807, 2.05) is 0 Å². The molecular formula is C17H17BrN2O. The Morgan fingerprint density at radius 3 is 3.14 bits per heavy atom. The summed E-state index contributed by atoms with van der Waals surface area (Å²) < 4.78 is 1.14. The fourth-order valence-electron chi connectivity index (χ4n) is 2.98. The zero-order valence-electron chi connectivity index (χ0n) is 11.7. The summed E-state index contributed by atoms with van der Waals surface area (Å²) in [5.74, 6) is 0.488. The molecule has 108 valence electrons. The number of hydrogen-bond donors (Lipinski definition) is 1. The molecule has 4 heteroatoms. The van der Waals surface area contributed by atoms with E-state index in [2.05, 4.69) is 44.4 Å². The van der Waals surface area contributed by atoms with Crippen LogP contribution in [0, 0.1) is 0 Å². The van der Waals surface area contributed by atoms with Crippen LogP contribution in [0.1, 0.15) is 40.2 Å². The summed E-state index contributed by atoms with van der Waals surface area (Å²) in [7, 11) is 0. The third kappa shape index (κ3) is 3.16. The molecule has 1 unspecified atom stereocenters. The number of carbonyl (C=O) groups excluding carboxylic acids is 1. The van der Waals surface area contributed by atoms with Crippen molar-refractivity contribution >= 4 is 27.9 Å². The molecule has 0 saturated heterocycles. The molecular weight excluding hydrogens is 328 g/mol. The van der Waals surface area contributed by atoms with Crippen LogP contribution in [0.25, 0.3) is 0 Å². The minimum absolute atomic E-state index is 0.488. The first kappa shape index (κ1) is 14.3. The molecule has 3 rings (SSSR count). The van der Waals surface area contributed by atoms with E-state index in [1.165, 1.54) is 24.0 Å². The molecule has 1 aliphatic carbocycles. The highest BCUT2D eigenvalue weighted by Gasteiger charge is 2.20. The van der Waals surface area contributed by atoms with Crippen LogP contribution in [0.2, 0.25) is 0 Å². The Bertz CT molecular complexity index is 657. The Kier molecular flexibility index (Phi) is 4.34. The number of nitrogens with zero attached hydrogens (tertiary/aromatic N) is 1. The van der Waals surface area contributed by atoms with Gasteiger partial charge in [0.05, 0.1) is 11.9 Å². The topological polar surface area (TPSA) is 42.0 Å². The molecule has 1 aromatic carbocycles. The van der Waals surface area contributed by atoms with Crippen molar-refractivity contribution in [3.63, 3.8) is 0 Å². The highest BCUT2D eigenvalue weighted by atomic mass is 79.9. The first-order valence-electron chi connectivity index (χ1n) is 7.19. The van der Waals surface area contributed by atoms with Gasteiger partial charge in [0.1, 0.15) is 0 Å². The fourth-order valence-corrected chi connectivity index (χ4v) is 3.39. The number of nitrogens with one attached hydrogen (secondary N) is 1. The van der Waals surface area contributed by atoms with Crippen molar-refractivity contribution in [3.05, 3.63) is 57.8 Å². The monoisotopic (exact) mass is 344 g/mol. The second-order valence-electron chi connectivity index (χ2n) is 5.39. The molecule has 0 amide bonds. The zero-order chi connectivity index (χ0) is 14.7. The Morgan fingerprint density at radius 2 is 2.29 bits per heavy atom. The number of hydrogen-bond acceptors (Lipinski definition) is 3. The number of fused-ring (bicyclic) bond motifs is 1. The van der Waals surface area contributed by atoms with Gasteiger partial charge in [-0.1, -0.05) is 22.0 Å². The first-order valence-corrected chi connectivity index (χ1v) is 7.98. The Labute approximate surface area is 132 Å². The van der Waals surface area contributed by atoms with Gasteiger partial charge in [0, 0.05) is 28.7 Å². The van der Waals surface area contributed by atoms with Gasteiger partial charge in [-0.3, -0.25) is 9.78 Å². The lowest BCUT2D eigenvalue weighted by Crippen LogP contribution is -2.18. The van der Waals surface area contributed by atoms with Crippen LogP contribution in [-0.4, -0.2) is 17.8 Å². The molecule has 0 fully saturated rings. The highest BCUT2D eigenvalue weighted by molar-refractivity contribution is 9.10. The summed E-state index contributed by atoms with van der Waals surface area (Å²) in [6, 6.07) is 8.29. The van der Waals surface area contributed by atoms with Gasteiger partial charge < -0.3 is 5.32 Å². The number of aldehydes is 1. The van der Waals surface area contributed by atoms with Crippen molar-refractivity contribution in [2.75, 3.05) is 11.9 Å². The Hall–Kier alpha value is -1.68. The van der Waals surface area contributed by atoms with E-state index >= 15 is 0 Å². The van der Waals surface area contributed by atoms with Crippen LogP contribution in [0.15, 0.2) is 41.1 Å². The van der Waals surface area contributed by atoms with Gasteiger partial charge in [0.2, 0.25) is 0 Å². The predicted octanol–water partition coefficient (Wildman–Crippen LogP) is 4.19. The summed E-state index contributed by atoms with van der Waals surface area (Å²) in [6.45, 7) is 0.834. The number of benzene rings is 1. The molecule has 2 aromatic rings. The average Bonchev–Trinajstić information content (AvgIpc) is 2.52. The standard InChI is InChI=1S/C17H17BrN2O/c18-15-4-5-16-12(8-15)2-1-3-13(16)9-20-17-10-19-7-6-14(17)11-21/h4-8,10-11,13,20H,1-3,9H2. The number of carbonyl (C=O) groups is 1. The fraction of sp³-hybridized carbons (Fsp3) is 0.294. The van der Waals surface area contributed by atoms with Crippen LogP contribution < -0.4 is 5.32 Å². The van der Waals surface area contributed by atoms with E-state index in [0.29, 0.717) is 11.5 Å². The Morgan fingerprint density at radius 1 is 1.38 bits per heavy atom. The molecule has 1 aromatic heterocycles. The molecule has 1 N–H and O–H groups in total. The number of aryl methyl sites for hydroxylation is 1. The van der Waals surface area contributed by atoms with Gasteiger partial charge in [0.25, 0.3) is 0 Å². The first-order chi connectivity index (χ1) is 10.3. The summed E-state index contributed by atoms with van der Waals surface area (Å²) >= 11 is 3.54. The average molecular weight is 345 g/mol. The Balaban J connectivity index is 1.76. The third-order valence-electron chi connectivity index (χ3n) is 4.06. The van der Waals surface area contributed by atoms with E-state index in [0.717, 1.165) is 29.4 Å². The van der Waals surface area contributed by atoms with Crippen LogP contribution in [-0.2, 0) is 6.42 Å². The maximum atomic E-state index is 11.0. The van der Waals surface area contributed by atoms with Gasteiger partial charge in [-0.15, -0.1) is 0 Å². The summed E-state index contributed by atoms with van der Waals surface area (Å²) in [5.41, 5.74) is 4.34. The van der Waals surface area contributed by atoms with Gasteiger partial charge in [-0.05, 0) is 48.6 Å². The lowest BCUT2D eigenvalue weighted by atomic mass is 9.83. The maximum Gasteiger partial charge on any atom is 0.152 e. The van der Waals surface area contributed by atoms with Crippen LogP contribution in [0.4, 0.5) is 5.69 Å². The summed E-state index contributed by atoms with van der Waals surface area (Å²) in [6.07, 6.45) is 7.77. The predicted molar refractivity (Wildman–Crippen MR) is 87.9 cm³/mol. The van der Waals surface area contributed by atoms with Gasteiger partial charge >= 0.3 is 0 Å². The van der Waals surface area contributed by atoms with E-state index in [9.17, 15) is 4.79 Å². The molecule has 0 saturated carbocycles. The van der Waals surface area contributed by atoms with E-state index < -0.39 is 0 Å². The number of pyridine rings is 1. The second-order valence-corrected chi connectivity index (χ2v) is 6.31. The molecule has 0 radical (unpaired) electrons. The molecule has 1 atom stereocenters. The van der Waals surface area contributed by atoms with Crippen molar-refractivity contribution in [2.24, 2.45) is 0 Å². The normalized spacial score (nSPS) is 17.1. The highest BCUT2D eigenvalue weighted by Crippen LogP contribution is 2.33. The van der Waals surface area contributed by atoms with Crippen LogP contribution in [0.3, 0.4) is 0 Å². The number of anilines is 1. The molecule has 1 heterocycles. The molecule has 1 aliphatic rings. The lowest BCUT2D eigenvalue weighted by molar-refractivity contribution is 0.112. The number of halogens is 1. The van der Waals surface area contributed by atoms with Crippen LogP contribution >= 0.6 is 15.9 Å². The summed E-state index contributed by atoms with van der Waals surface area (Å²) in [5, 5.41) is 3.38. The quantitative estimate of drug-likeness (QED) is 0.845. The molecule has 0 spiro atoms. The number of rotatable bonds is 4. The van der Waals surface area contributed by atoms with E-state index in [-0.39, 0.29) is 0 Å². The third-order valence-corrected chi connectivity index (χ3v) is 4.56. The number of aromatic nitrogens is 1. The van der Waals surface area contributed by atoms with Gasteiger partial charge in [-0.25, -0.2) is 0 Å². The van der Waals surface area contributed by atoms with E-state index in [1.54, 1.807) is 18.5 Å². The van der Waals surface area contributed by atoms with Gasteiger partial charge in [-0.2, -0.15) is 0 Å². The minimum atomic E-state index is 0.488. The maximum absolute atomic E-state index is 11.0. The SMILES string of the molecule is O=Cc1ccncc1NCC1CCCc2cc(Br)ccc21. The van der Waals surface area contributed by atoms with Gasteiger partial charge in [0.15, 0.2) is 6.29 Å². The van der Waals surface area contributed by atoms with Crippen molar-refractivity contribution in [1.29, 1.82) is 0 Å².